The maximum Gasteiger partial charge on any atom is 0.184 e. The highest BCUT2D eigenvalue weighted by molar-refractivity contribution is 6.70. The van der Waals surface area contributed by atoms with E-state index in [9.17, 15) is 5.11 Å². The number of hydrogen-bond acceptors (Lipinski definition) is 5. The second-order valence-electron chi connectivity index (χ2n) is 19.2. The van der Waals surface area contributed by atoms with Crippen LogP contribution in [0.4, 0.5) is 0 Å². The maximum absolute atomic E-state index is 13.0. The molecule has 4 fully saturated rings. The first-order valence-corrected chi connectivity index (χ1v) is 30.9. The summed E-state index contributed by atoms with van der Waals surface area (Å²) in [6.07, 6.45) is 9.40. The van der Waals surface area contributed by atoms with Crippen LogP contribution in [0.2, 0.25) is 78.6 Å². The van der Waals surface area contributed by atoms with Crippen LogP contribution < -0.4 is 0 Å². The molecule has 4 aliphatic carbocycles. The Labute approximate surface area is 264 Å². The van der Waals surface area contributed by atoms with Gasteiger partial charge < -0.3 is 22.8 Å². The molecule has 0 heterocycles. The lowest BCUT2D eigenvalue weighted by Gasteiger charge is -2.65. The predicted octanol–water partition coefficient (Wildman–Crippen LogP) is 8.88. The molecule has 0 radical (unpaired) electrons. The van der Waals surface area contributed by atoms with Crippen molar-refractivity contribution in [1.82, 2.24) is 0 Å². The van der Waals surface area contributed by atoms with Gasteiger partial charge in [0, 0.05) is 17.6 Å². The van der Waals surface area contributed by atoms with Gasteiger partial charge in [-0.25, -0.2) is 0 Å². The smallest absolute Gasteiger partial charge is 0.184 e. The highest BCUT2D eigenvalue weighted by atomic mass is 28.4. The lowest BCUT2D eigenvalue weighted by atomic mass is 9.43. The van der Waals surface area contributed by atoms with Gasteiger partial charge in [-0.1, -0.05) is 13.8 Å². The summed E-state index contributed by atoms with van der Waals surface area (Å²) < 4.78 is 27.4. The molecule has 246 valence electrons. The van der Waals surface area contributed by atoms with Crippen LogP contribution in [0.3, 0.4) is 0 Å². The Kier molecular flexibility index (Phi) is 9.92. The zero-order valence-electron chi connectivity index (χ0n) is 30.0. The van der Waals surface area contributed by atoms with E-state index in [1.807, 2.05) is 0 Å². The molecule has 0 saturated heterocycles. The van der Waals surface area contributed by atoms with E-state index in [2.05, 4.69) is 92.4 Å². The minimum atomic E-state index is -1.93. The summed E-state index contributed by atoms with van der Waals surface area (Å²) in [6.45, 7) is 33.1. The summed E-state index contributed by atoms with van der Waals surface area (Å²) in [4.78, 5) is 0. The van der Waals surface area contributed by atoms with Gasteiger partial charge in [0.1, 0.15) is 0 Å². The van der Waals surface area contributed by atoms with Crippen molar-refractivity contribution in [1.29, 1.82) is 0 Å². The third-order valence-electron chi connectivity index (χ3n) is 11.5. The highest BCUT2D eigenvalue weighted by Gasteiger charge is 2.69. The maximum atomic E-state index is 13.0. The normalized spacial score (nSPS) is 42.1. The molecule has 0 bridgehead atoms. The molecule has 0 amide bonds. The molecule has 0 aromatic carbocycles. The summed E-state index contributed by atoms with van der Waals surface area (Å²) in [5.41, 5.74) is -0.860. The molecule has 42 heavy (non-hydrogen) atoms. The van der Waals surface area contributed by atoms with Gasteiger partial charge in [0.2, 0.25) is 0 Å². The van der Waals surface area contributed by atoms with Gasteiger partial charge >= 0.3 is 0 Å². The van der Waals surface area contributed by atoms with Crippen LogP contribution in [0.5, 0.6) is 0 Å². The molecule has 0 aliphatic heterocycles. The summed E-state index contributed by atoms with van der Waals surface area (Å²) in [7, 11) is -7.09. The summed E-state index contributed by atoms with van der Waals surface area (Å²) in [6, 6.07) is 0. The van der Waals surface area contributed by atoms with E-state index in [-0.39, 0.29) is 23.0 Å². The van der Waals surface area contributed by atoms with Crippen molar-refractivity contribution < 1.29 is 22.8 Å². The number of rotatable bonds is 10. The van der Waals surface area contributed by atoms with E-state index in [0.29, 0.717) is 36.4 Å². The Morgan fingerprint density at radius 2 is 1.36 bits per heavy atom. The van der Waals surface area contributed by atoms with E-state index in [0.717, 1.165) is 19.3 Å². The molecule has 0 aromatic heterocycles. The minimum absolute atomic E-state index is 0.195. The zero-order chi connectivity index (χ0) is 31.7. The molecule has 0 aromatic rings. The molecule has 5 nitrogen and oxygen atoms in total. The Bertz CT molecular complexity index is 952. The van der Waals surface area contributed by atoms with Crippen LogP contribution >= 0.6 is 0 Å². The summed E-state index contributed by atoms with van der Waals surface area (Å²) in [5.74, 6) is 2.37. The lowest BCUT2D eigenvalue weighted by molar-refractivity contribution is -0.217. The van der Waals surface area contributed by atoms with Crippen molar-refractivity contribution in [3.63, 3.8) is 0 Å². The van der Waals surface area contributed by atoms with Crippen molar-refractivity contribution in [3.8, 4) is 0 Å². The molecule has 4 aliphatic rings. The Hall–Kier alpha value is 0.668. The second-order valence-corrected chi connectivity index (χ2v) is 37.1. The molecule has 10 atom stereocenters. The van der Waals surface area contributed by atoms with Crippen molar-refractivity contribution >= 4 is 33.3 Å². The van der Waals surface area contributed by atoms with Crippen LogP contribution in [-0.2, 0) is 17.7 Å². The van der Waals surface area contributed by atoms with Crippen LogP contribution in [0.1, 0.15) is 65.2 Å². The van der Waals surface area contributed by atoms with Gasteiger partial charge in [-0.05, 0) is 159 Å². The fraction of sp³-hybridized carbons (Fsp3) is 1.00. The summed E-state index contributed by atoms with van der Waals surface area (Å²) >= 11 is 0. The second kappa shape index (κ2) is 11.7. The largest absolute Gasteiger partial charge is 0.415 e. The molecule has 4 rings (SSSR count). The summed E-state index contributed by atoms with van der Waals surface area (Å²) in [5, 5.41) is 13.0. The van der Waals surface area contributed by atoms with E-state index in [1.54, 1.807) is 0 Å². The van der Waals surface area contributed by atoms with Crippen LogP contribution in [0, 0.1) is 34.5 Å². The average molecular weight is 657 g/mol. The molecular formula is C33H68O5Si4. The first kappa shape index (κ1) is 35.5. The predicted molar refractivity (Wildman–Crippen MR) is 186 cm³/mol. The van der Waals surface area contributed by atoms with E-state index >= 15 is 0 Å². The lowest BCUT2D eigenvalue weighted by Crippen LogP contribution is -2.66. The molecule has 9 heteroatoms. The number of fused-ring (bicyclic) bond motifs is 5. The molecule has 4 saturated carbocycles. The molecule has 0 spiro atoms. The average Bonchev–Trinajstić information content (AvgIpc) is 3.04. The third kappa shape index (κ3) is 7.45. The van der Waals surface area contributed by atoms with E-state index in [1.165, 1.54) is 32.1 Å². The first-order valence-electron chi connectivity index (χ1n) is 17.3. The highest BCUT2D eigenvalue weighted by Crippen LogP contribution is 2.69. The topological polar surface area (TPSA) is 57.2 Å². The van der Waals surface area contributed by atoms with Gasteiger partial charge in [0.25, 0.3) is 0 Å². The number of aliphatic hydroxyl groups is 1. The Morgan fingerprint density at radius 1 is 0.738 bits per heavy atom. The van der Waals surface area contributed by atoms with Crippen LogP contribution in [0.25, 0.3) is 0 Å². The van der Waals surface area contributed by atoms with Gasteiger partial charge in [-0.2, -0.15) is 0 Å². The zero-order valence-corrected chi connectivity index (χ0v) is 34.0. The van der Waals surface area contributed by atoms with E-state index in [4.69, 9.17) is 17.7 Å². The SMILES string of the molecule is C[C@]12C[C@H](O[Si](C)(C)C)C3C(CC[C@@H]4C[C@H](O[Si](C)(C)C)CC[C@]34C)C1CC[C@]2(O)[C@H](CO[Si](C)(C)C)O[Si](C)(C)C. The van der Waals surface area contributed by atoms with Crippen molar-refractivity contribution in [2.45, 2.75) is 168 Å². The Balaban J connectivity index is 1.70. The van der Waals surface area contributed by atoms with Crippen molar-refractivity contribution in [2.75, 3.05) is 6.61 Å². The minimum Gasteiger partial charge on any atom is -0.415 e. The van der Waals surface area contributed by atoms with Crippen LogP contribution in [0.15, 0.2) is 0 Å². The van der Waals surface area contributed by atoms with E-state index < -0.39 is 38.9 Å². The third-order valence-corrected chi connectivity index (χ3v) is 15.5. The monoisotopic (exact) mass is 656 g/mol. The molecule has 1 N–H and O–H groups in total. The Morgan fingerprint density at radius 3 is 1.90 bits per heavy atom. The van der Waals surface area contributed by atoms with Crippen molar-refractivity contribution in [2.24, 2.45) is 34.5 Å². The van der Waals surface area contributed by atoms with Gasteiger partial charge in [0.15, 0.2) is 33.3 Å². The first-order chi connectivity index (χ1) is 18.9. The van der Waals surface area contributed by atoms with Gasteiger partial charge in [0.05, 0.1) is 18.3 Å². The number of hydrogen-bond donors (Lipinski definition) is 1. The fourth-order valence-electron chi connectivity index (χ4n) is 10.1. The molecule has 3 unspecified atom stereocenters. The standard InChI is InChI=1S/C33H68O5Si4/c1-31-19-17-25(36-40(6,7)8)21-24(31)15-16-26-27-18-20-33(34,29(38-42(12,13)14)23-35-39(3,4)5)32(27,2)22-28(30(26)31)37-41(9,10)11/h24-30,34H,15-23H2,1-14H3/t24-,25-,26?,27?,28+,29+,30?,31+,32+,33+/m1/s1. The van der Waals surface area contributed by atoms with Gasteiger partial charge in [-0.15, -0.1) is 0 Å². The fourth-order valence-corrected chi connectivity index (χ4v) is 14.2. The van der Waals surface area contributed by atoms with Crippen LogP contribution in [-0.4, -0.2) is 68.9 Å². The quantitative estimate of drug-likeness (QED) is 0.238. The molecular weight excluding hydrogens is 589 g/mol. The van der Waals surface area contributed by atoms with Gasteiger partial charge in [-0.3, -0.25) is 0 Å². The van der Waals surface area contributed by atoms with Crippen molar-refractivity contribution in [3.05, 3.63) is 0 Å².